The van der Waals surface area contributed by atoms with Crippen molar-refractivity contribution in [1.29, 1.82) is 0 Å². The van der Waals surface area contributed by atoms with Gasteiger partial charge in [0.25, 0.3) is 6.33 Å². The molecule has 0 fully saturated rings. The maximum atomic E-state index is 6.13. The van der Waals surface area contributed by atoms with Crippen LogP contribution in [0.3, 0.4) is 0 Å². The molecule has 6 rings (SSSR count). The Labute approximate surface area is 161 Å². The minimum atomic E-state index is 0.887. The highest BCUT2D eigenvalue weighted by Crippen LogP contribution is 2.32. The summed E-state index contributed by atoms with van der Waals surface area (Å²) in [4.78, 5) is 0. The molecule has 0 radical (unpaired) electrons. The van der Waals surface area contributed by atoms with E-state index in [1.54, 1.807) is 0 Å². The predicted molar refractivity (Wildman–Crippen MR) is 111 cm³/mol. The number of furan rings is 1. The Kier molecular flexibility index (Phi) is 3.17. The lowest BCUT2D eigenvalue weighted by Gasteiger charge is -2.03. The molecule has 6 aromatic rings. The van der Waals surface area contributed by atoms with Gasteiger partial charge in [0, 0.05) is 10.8 Å². The van der Waals surface area contributed by atoms with Gasteiger partial charge >= 0.3 is 0 Å². The van der Waals surface area contributed by atoms with Crippen LogP contribution in [0.5, 0.6) is 0 Å². The second-order valence-corrected chi connectivity index (χ2v) is 6.88. The fraction of sp³-hybridized carbons (Fsp3) is 0. The van der Waals surface area contributed by atoms with E-state index in [9.17, 15) is 0 Å². The molecular formula is C25H16N2O. The standard InChI is InChI=1S/C25H16N2O/c1-3-9-18(10-4-1)26-17-27(19-11-5-2-6-12-19)23-16-25-21(15-22(23)26)20-13-7-8-14-24(20)28-25/h1-16H. The maximum Gasteiger partial charge on any atom is 0.269 e. The smallest absolute Gasteiger partial charge is 0.269 e. The van der Waals surface area contributed by atoms with Crippen molar-refractivity contribution in [2.75, 3.05) is 0 Å². The molecule has 0 N–H and O–H groups in total. The van der Waals surface area contributed by atoms with Gasteiger partial charge in [0.2, 0.25) is 0 Å². The number of imidazole rings is 1. The molecule has 0 spiro atoms. The van der Waals surface area contributed by atoms with Crippen LogP contribution < -0.4 is 4.57 Å². The number of aromatic nitrogens is 2. The van der Waals surface area contributed by atoms with Gasteiger partial charge in [-0.25, -0.2) is 0 Å². The number of rotatable bonds is 2. The summed E-state index contributed by atoms with van der Waals surface area (Å²) in [6, 6.07) is 33.1. The number of hydrogen-bond donors (Lipinski definition) is 0. The van der Waals surface area contributed by atoms with Crippen molar-refractivity contribution in [3.8, 4) is 11.4 Å². The zero-order valence-corrected chi connectivity index (χ0v) is 15.0. The zero-order chi connectivity index (χ0) is 18.5. The highest BCUT2D eigenvalue weighted by molar-refractivity contribution is 6.08. The van der Waals surface area contributed by atoms with Crippen LogP contribution in [-0.4, -0.2) is 4.57 Å². The van der Waals surface area contributed by atoms with Crippen molar-refractivity contribution in [3.05, 3.63) is 103 Å². The van der Waals surface area contributed by atoms with Crippen LogP contribution in [0.15, 0.2) is 101 Å². The van der Waals surface area contributed by atoms with Crippen LogP contribution in [0.2, 0.25) is 0 Å². The lowest BCUT2D eigenvalue weighted by molar-refractivity contribution is -0.572. The average molecular weight is 360 g/mol. The van der Waals surface area contributed by atoms with Gasteiger partial charge in [-0.2, -0.15) is 0 Å². The van der Waals surface area contributed by atoms with E-state index in [1.807, 2.05) is 54.6 Å². The summed E-state index contributed by atoms with van der Waals surface area (Å²) in [6.07, 6.45) is 3.53. The third-order valence-electron chi connectivity index (χ3n) is 5.18. The molecule has 0 atom stereocenters. The second-order valence-electron chi connectivity index (χ2n) is 6.88. The van der Waals surface area contributed by atoms with E-state index in [1.165, 1.54) is 0 Å². The van der Waals surface area contributed by atoms with Gasteiger partial charge in [-0.1, -0.05) is 54.6 Å². The van der Waals surface area contributed by atoms with Crippen molar-refractivity contribution < 1.29 is 8.98 Å². The molecule has 0 aliphatic heterocycles. The molecule has 2 heterocycles. The van der Waals surface area contributed by atoms with Crippen LogP contribution in [0.1, 0.15) is 0 Å². The lowest BCUT2D eigenvalue weighted by atomic mass is 10.1. The van der Waals surface area contributed by atoms with Crippen molar-refractivity contribution in [2.45, 2.75) is 0 Å². The normalized spacial score (nSPS) is 11.6. The molecule has 0 saturated heterocycles. The van der Waals surface area contributed by atoms with Crippen molar-refractivity contribution in [3.63, 3.8) is 0 Å². The molecule has 132 valence electrons. The number of para-hydroxylation sites is 3. The van der Waals surface area contributed by atoms with Gasteiger partial charge < -0.3 is 4.42 Å². The molecule has 0 aliphatic carbocycles. The fourth-order valence-electron chi connectivity index (χ4n) is 3.86. The van der Waals surface area contributed by atoms with Gasteiger partial charge in [0.05, 0.1) is 22.4 Å². The Hall–Kier alpha value is -3.85. The third kappa shape index (κ3) is 2.20. The average Bonchev–Trinajstić information content (AvgIpc) is 3.31. The second kappa shape index (κ2) is 5.83. The van der Waals surface area contributed by atoms with Gasteiger partial charge in [0.1, 0.15) is 11.2 Å². The van der Waals surface area contributed by atoms with Crippen LogP contribution in [0.4, 0.5) is 0 Å². The summed E-state index contributed by atoms with van der Waals surface area (Å²) in [5.41, 5.74) is 6.09. The molecule has 0 saturated carbocycles. The van der Waals surface area contributed by atoms with E-state index in [0.29, 0.717) is 0 Å². The molecule has 4 aromatic carbocycles. The number of fused-ring (bicyclic) bond motifs is 4. The number of benzene rings is 4. The minimum absolute atomic E-state index is 0.887. The summed E-state index contributed by atoms with van der Waals surface area (Å²) in [6.45, 7) is 0. The van der Waals surface area contributed by atoms with Crippen LogP contribution in [-0.2, 0) is 0 Å². The maximum absolute atomic E-state index is 6.13. The van der Waals surface area contributed by atoms with Crippen LogP contribution in [0.25, 0.3) is 44.3 Å². The topological polar surface area (TPSA) is 21.9 Å². The molecule has 0 aliphatic rings. The molecular weight excluding hydrogens is 344 g/mol. The lowest BCUT2D eigenvalue weighted by Crippen LogP contribution is -2.29. The Morgan fingerprint density at radius 1 is 0.679 bits per heavy atom. The van der Waals surface area contributed by atoms with E-state index in [0.717, 1.165) is 44.3 Å². The van der Waals surface area contributed by atoms with Gasteiger partial charge in [0.15, 0.2) is 0 Å². The molecule has 2 aromatic heterocycles. The molecule has 3 heteroatoms. The number of nitrogens with zero attached hydrogens (tertiary/aromatic N) is 2. The van der Waals surface area contributed by atoms with Crippen LogP contribution >= 0.6 is 0 Å². The van der Waals surface area contributed by atoms with Crippen LogP contribution in [0, 0.1) is 6.33 Å². The minimum Gasteiger partial charge on any atom is -0.457 e. The van der Waals surface area contributed by atoms with E-state index >= 15 is 0 Å². The molecule has 3 nitrogen and oxygen atoms in total. The molecule has 0 unspecified atom stereocenters. The summed E-state index contributed by atoms with van der Waals surface area (Å²) in [7, 11) is 0. The Morgan fingerprint density at radius 2 is 1.39 bits per heavy atom. The first-order chi connectivity index (χ1) is 13.9. The molecule has 0 amide bonds. The Balaban J connectivity index is 1.76. The van der Waals surface area contributed by atoms with E-state index < -0.39 is 0 Å². The number of hydrogen-bond acceptors (Lipinski definition) is 1. The van der Waals surface area contributed by atoms with E-state index in [4.69, 9.17) is 4.42 Å². The van der Waals surface area contributed by atoms with Gasteiger partial charge in [-0.15, -0.1) is 0 Å². The van der Waals surface area contributed by atoms with Gasteiger partial charge in [-0.05, 0) is 42.5 Å². The van der Waals surface area contributed by atoms with Gasteiger partial charge in [-0.3, -0.25) is 9.13 Å². The highest BCUT2D eigenvalue weighted by Gasteiger charge is 2.16. The first kappa shape index (κ1) is 15.2. The van der Waals surface area contributed by atoms with E-state index in [2.05, 4.69) is 57.9 Å². The predicted octanol–water partition coefficient (Wildman–Crippen LogP) is 5.61. The Morgan fingerprint density at radius 3 is 2.21 bits per heavy atom. The summed E-state index contributed by atoms with van der Waals surface area (Å²) >= 11 is 0. The summed E-state index contributed by atoms with van der Waals surface area (Å²) in [5.74, 6) is 0. The van der Waals surface area contributed by atoms with Crippen molar-refractivity contribution >= 4 is 33.0 Å². The van der Waals surface area contributed by atoms with Crippen molar-refractivity contribution in [1.82, 2.24) is 4.57 Å². The van der Waals surface area contributed by atoms with E-state index in [-0.39, 0.29) is 0 Å². The summed E-state index contributed by atoms with van der Waals surface area (Å²) < 4.78 is 10.3. The highest BCUT2D eigenvalue weighted by atomic mass is 16.3. The molecule has 0 bridgehead atoms. The zero-order valence-electron chi connectivity index (χ0n) is 15.0. The van der Waals surface area contributed by atoms with Crippen molar-refractivity contribution in [2.24, 2.45) is 0 Å². The Bertz CT molecular complexity index is 1440. The molecule has 28 heavy (non-hydrogen) atoms. The summed E-state index contributed by atoms with van der Waals surface area (Å²) in [5, 5.41) is 2.25. The first-order valence-corrected chi connectivity index (χ1v) is 9.30. The quantitative estimate of drug-likeness (QED) is 0.291. The largest absolute Gasteiger partial charge is 0.457 e. The first-order valence-electron chi connectivity index (χ1n) is 9.30. The third-order valence-corrected chi connectivity index (χ3v) is 5.18. The SMILES string of the molecule is [c-]1n(-c2ccccc2)c2cc3c(cc2[n+]1-c1ccccc1)oc1ccccc13. The monoisotopic (exact) mass is 360 g/mol. The fourth-order valence-corrected chi connectivity index (χ4v) is 3.86.